The van der Waals surface area contributed by atoms with Crippen LogP contribution in [0.5, 0.6) is 0 Å². The first-order chi connectivity index (χ1) is 29.8. The van der Waals surface area contributed by atoms with Crippen molar-refractivity contribution in [2.75, 3.05) is 0 Å². The van der Waals surface area contributed by atoms with Crippen LogP contribution in [-0.2, 0) is 29.2 Å². The Balaban J connectivity index is 1.42. The van der Waals surface area contributed by atoms with Gasteiger partial charge in [0.25, 0.3) is 0 Å². The molecule has 62 heavy (non-hydrogen) atoms. The molecule has 0 spiro atoms. The van der Waals surface area contributed by atoms with E-state index in [2.05, 4.69) is 183 Å². The molecule has 9 rings (SSSR count). The van der Waals surface area contributed by atoms with Crippen LogP contribution in [0.3, 0.4) is 0 Å². The Bertz CT molecular complexity index is 2650. The van der Waals surface area contributed by atoms with Crippen molar-refractivity contribution in [1.29, 1.82) is 0 Å². The van der Waals surface area contributed by atoms with Crippen molar-refractivity contribution < 1.29 is 16.4 Å². The van der Waals surface area contributed by atoms with Crippen molar-refractivity contribution in [2.24, 2.45) is 11.8 Å². The molecule has 0 N–H and O–H groups in total. The van der Waals surface area contributed by atoms with E-state index in [1.54, 1.807) is 0 Å². The van der Waals surface area contributed by atoms with Crippen LogP contribution >= 0.6 is 17.0 Å². The van der Waals surface area contributed by atoms with Gasteiger partial charge in [-0.15, -0.1) is 0 Å². The fourth-order valence-corrected chi connectivity index (χ4v) is 39.9. The maximum absolute atomic E-state index is 9.55. The van der Waals surface area contributed by atoms with Crippen molar-refractivity contribution in [3.05, 3.63) is 171 Å². The first-order valence-electron chi connectivity index (χ1n) is 23.5. The van der Waals surface area contributed by atoms with Gasteiger partial charge in [-0.05, 0) is 0 Å². The van der Waals surface area contributed by atoms with Gasteiger partial charge in [0.05, 0.1) is 0 Å². The molecule has 6 aromatic rings. The number of benzene rings is 6. The summed E-state index contributed by atoms with van der Waals surface area (Å²) in [7, 11) is 18.2. The third kappa shape index (κ3) is 7.19. The minimum atomic E-state index is -5.73. The first kappa shape index (κ1) is 43.7. The van der Waals surface area contributed by atoms with Crippen LogP contribution in [0.2, 0.25) is 0 Å². The number of aryl methyl sites for hydroxylation is 4. The van der Waals surface area contributed by atoms with Gasteiger partial charge < -0.3 is 0 Å². The molecule has 0 saturated heterocycles. The summed E-state index contributed by atoms with van der Waals surface area (Å²) in [5.74, 6) is 0.877. The molecule has 2 aliphatic carbocycles. The van der Waals surface area contributed by atoms with Gasteiger partial charge in [0, 0.05) is 0 Å². The van der Waals surface area contributed by atoms with Crippen LogP contribution in [0.25, 0.3) is 45.5 Å². The van der Waals surface area contributed by atoms with E-state index < -0.39 is 25.9 Å². The van der Waals surface area contributed by atoms with Crippen molar-refractivity contribution in [1.82, 2.24) is 0 Å². The predicted molar refractivity (Wildman–Crippen MR) is 273 cm³/mol. The van der Waals surface area contributed by atoms with E-state index in [0.717, 1.165) is 38.5 Å². The minimum absolute atomic E-state index is 0.0939. The van der Waals surface area contributed by atoms with Gasteiger partial charge in [0.1, 0.15) is 0 Å². The SMILES string of the molecule is CCCc1ccc2c(c1-c1ccccc1C)C=C(CC(C)C)[CH]2[Zr]([Cl])([Cl])([c]1cccc2c1[SiH2]c1ccccc1-2)[CH]1C(CC(C)C)=Cc2c1ccc(CCC)c2-c1ccccc1C. The molecule has 1 heterocycles. The third-order valence-corrected chi connectivity index (χ3v) is 37.1. The first-order valence-corrected chi connectivity index (χ1v) is 35.3. The summed E-state index contributed by atoms with van der Waals surface area (Å²) >= 11 is -5.73. The maximum atomic E-state index is 9.55. The van der Waals surface area contributed by atoms with Gasteiger partial charge in [-0.3, -0.25) is 0 Å². The number of allylic oxidation sites excluding steroid dienone is 2. The Morgan fingerprint density at radius 2 is 0.984 bits per heavy atom. The van der Waals surface area contributed by atoms with E-state index in [1.807, 2.05) is 0 Å². The Morgan fingerprint density at radius 1 is 0.532 bits per heavy atom. The zero-order valence-corrected chi connectivity index (χ0v) is 43.5. The van der Waals surface area contributed by atoms with Crippen molar-refractivity contribution in [3.8, 4) is 33.4 Å². The molecule has 1 aliphatic heterocycles. The van der Waals surface area contributed by atoms with Gasteiger partial charge in [0.15, 0.2) is 0 Å². The molecular weight excluding hydrogens is 887 g/mol. The van der Waals surface area contributed by atoms with Gasteiger partial charge in [-0.25, -0.2) is 0 Å². The fraction of sp³-hybridized carbons (Fsp3) is 0.310. The summed E-state index contributed by atoms with van der Waals surface area (Å²) in [6, 6.07) is 44.1. The summed E-state index contributed by atoms with van der Waals surface area (Å²) in [6.07, 6.45) is 11.3. The van der Waals surface area contributed by atoms with Crippen molar-refractivity contribution >= 4 is 52.3 Å². The number of hydrogen-bond acceptors (Lipinski definition) is 0. The van der Waals surface area contributed by atoms with Gasteiger partial charge in [-0.1, -0.05) is 0 Å². The van der Waals surface area contributed by atoms with E-state index in [1.165, 1.54) is 103 Å². The summed E-state index contributed by atoms with van der Waals surface area (Å²) in [5, 5.41) is 2.99. The van der Waals surface area contributed by atoms with Gasteiger partial charge in [0.2, 0.25) is 0 Å². The Kier molecular flexibility index (Phi) is 12.1. The summed E-state index contributed by atoms with van der Waals surface area (Å²) < 4.78 is 1.13. The second-order valence-corrected chi connectivity index (χ2v) is 42.1. The van der Waals surface area contributed by atoms with E-state index >= 15 is 0 Å². The number of hydrogen-bond donors (Lipinski definition) is 0. The monoisotopic (exact) mass is 947 g/mol. The molecule has 0 radical (unpaired) electrons. The van der Waals surface area contributed by atoms with Gasteiger partial charge >= 0.3 is 386 Å². The summed E-state index contributed by atoms with van der Waals surface area (Å²) in [5.41, 5.74) is 21.9. The van der Waals surface area contributed by atoms with E-state index in [9.17, 15) is 17.0 Å². The molecule has 3 aliphatic rings. The summed E-state index contributed by atoms with van der Waals surface area (Å²) in [6.45, 7) is 18.7. The Hall–Kier alpha value is -3.52. The Morgan fingerprint density at radius 3 is 1.45 bits per heavy atom. The van der Waals surface area contributed by atoms with E-state index in [0.29, 0.717) is 11.8 Å². The molecule has 0 fully saturated rings. The van der Waals surface area contributed by atoms with E-state index in [4.69, 9.17) is 0 Å². The molecule has 0 aromatic heterocycles. The molecule has 0 amide bonds. The zero-order chi connectivity index (χ0) is 43.5. The molecule has 2 unspecified atom stereocenters. The van der Waals surface area contributed by atoms with Crippen LogP contribution < -0.4 is 13.6 Å². The second-order valence-electron chi connectivity index (χ2n) is 19.7. The average Bonchev–Trinajstić information content (AvgIpc) is 3.93. The number of halogens is 2. The molecule has 317 valence electrons. The van der Waals surface area contributed by atoms with Crippen LogP contribution in [0, 0.1) is 25.7 Å². The number of fused-ring (bicyclic) bond motifs is 5. The molecule has 2 atom stereocenters. The van der Waals surface area contributed by atoms with Crippen LogP contribution in [0.1, 0.15) is 119 Å². The second kappa shape index (κ2) is 17.1. The topological polar surface area (TPSA) is 0 Å². The zero-order valence-electron chi connectivity index (χ0n) is 38.1. The normalized spacial score (nSPS) is 17.5. The van der Waals surface area contributed by atoms with Crippen LogP contribution in [0.15, 0.2) is 126 Å². The molecule has 0 saturated carbocycles. The molecule has 4 heteroatoms. The Labute approximate surface area is 383 Å². The van der Waals surface area contributed by atoms with Gasteiger partial charge in [-0.2, -0.15) is 0 Å². The molecule has 0 nitrogen and oxygen atoms in total. The van der Waals surface area contributed by atoms with Crippen molar-refractivity contribution in [2.45, 2.75) is 101 Å². The third-order valence-electron chi connectivity index (χ3n) is 14.3. The van der Waals surface area contributed by atoms with Crippen LogP contribution in [0.4, 0.5) is 0 Å². The van der Waals surface area contributed by atoms with E-state index in [-0.39, 0.29) is 7.25 Å². The average molecular weight is 950 g/mol. The number of rotatable bonds is 13. The fourth-order valence-electron chi connectivity index (χ4n) is 12.0. The molecular formula is C58H63Cl2SiZr. The molecule has 0 bridgehead atoms. The predicted octanol–water partition coefficient (Wildman–Crippen LogP) is 14.6. The molecule has 6 aromatic carbocycles. The standard InChI is InChI=1S/2C23H27.C12H9Si.2ClH.Zr/c2*1-5-8-19-11-12-20-14-18(13-16(2)3)15-22(20)23(19)21-10-7-6-9-17(21)4;1-3-7-11-9(5-1)10-6-2-4-8-12(10)13-11;;;/h2*6-7,9-12,14-16H,5,8,13H2,1-4H3;1-7H,13H2;2*1H;/q;;;;;+2/p-2. The van der Waals surface area contributed by atoms with Crippen LogP contribution in [-0.4, -0.2) is 9.52 Å². The summed E-state index contributed by atoms with van der Waals surface area (Å²) in [4.78, 5) is 0. The quantitative estimate of drug-likeness (QED) is 0.101. The van der Waals surface area contributed by atoms with Crippen molar-refractivity contribution in [3.63, 3.8) is 0 Å².